The third-order valence-corrected chi connectivity index (χ3v) is 1.93. The van der Waals surface area contributed by atoms with E-state index in [-0.39, 0.29) is 0 Å². The first kappa shape index (κ1) is 9.89. The summed E-state index contributed by atoms with van der Waals surface area (Å²) in [5.41, 5.74) is 0. The molecule has 0 spiro atoms. The molecule has 0 aliphatic carbocycles. The van der Waals surface area contributed by atoms with Gasteiger partial charge in [0.1, 0.15) is 6.29 Å². The molecule has 0 heterocycles. The zero-order chi connectivity index (χ0) is 7.82. The van der Waals surface area contributed by atoms with Gasteiger partial charge < -0.3 is 0 Å². The van der Waals surface area contributed by atoms with Crippen molar-refractivity contribution >= 4 is 22.2 Å². The van der Waals surface area contributed by atoms with Crippen LogP contribution in [0.3, 0.4) is 0 Å². The van der Waals surface area contributed by atoms with Crippen molar-refractivity contribution in [3.05, 3.63) is 10.6 Å². The average Bonchev–Trinajstić information content (AvgIpc) is 1.89. The van der Waals surface area contributed by atoms with Crippen LogP contribution in [0.4, 0.5) is 0 Å². The van der Waals surface area contributed by atoms with Crippen LogP contribution in [0.2, 0.25) is 0 Å². The van der Waals surface area contributed by atoms with Crippen LogP contribution in [0.5, 0.6) is 0 Å². The molecule has 0 unspecified atom stereocenters. The molecule has 0 aliphatic heterocycles. The quantitative estimate of drug-likeness (QED) is 0.383. The lowest BCUT2D eigenvalue weighted by atomic mass is 10.2. The van der Waals surface area contributed by atoms with E-state index in [1.807, 2.05) is 0 Å². The molecule has 0 aromatic carbocycles. The van der Waals surface area contributed by atoms with Crippen LogP contribution in [-0.4, -0.2) is 6.29 Å². The summed E-state index contributed by atoms with van der Waals surface area (Å²) in [7, 11) is 0. The summed E-state index contributed by atoms with van der Waals surface area (Å²) in [4.78, 5) is 9.94. The Morgan fingerprint density at radius 1 is 1.50 bits per heavy atom. The maximum absolute atomic E-state index is 9.94. The number of carbonyl (C=O) groups is 1. The molecule has 0 bridgehead atoms. The second kappa shape index (κ2) is 7.00. The fourth-order valence-corrected chi connectivity index (χ4v) is 1.09. The molecular weight excluding hydrogens is 192 g/mol. The van der Waals surface area contributed by atoms with Crippen LogP contribution in [0.15, 0.2) is 10.6 Å². The molecule has 0 N–H and O–H groups in total. The van der Waals surface area contributed by atoms with Gasteiger partial charge in [0.25, 0.3) is 0 Å². The summed E-state index contributed by atoms with van der Waals surface area (Å²) >= 11 is 3.30. The van der Waals surface area contributed by atoms with E-state index in [0.717, 1.165) is 17.2 Å². The van der Waals surface area contributed by atoms with E-state index in [1.54, 1.807) is 6.08 Å². The lowest BCUT2D eigenvalue weighted by Gasteiger charge is -1.94. The molecule has 1 nitrogen and oxygen atoms in total. The van der Waals surface area contributed by atoms with Crippen molar-refractivity contribution in [2.45, 2.75) is 32.6 Å². The largest absolute Gasteiger partial charge is 0.299 e. The number of rotatable bonds is 5. The number of unbranched alkanes of at least 4 members (excludes halogenated alkanes) is 2. The SMILES string of the molecule is CCCCC/C(Br)=C/C=O. The number of halogens is 1. The standard InChI is InChI=1S/C8H13BrO/c1-2-3-4-5-8(9)6-7-10/h6-7H,2-5H2,1H3/b8-6-. The Bertz CT molecular complexity index is 118. The molecule has 0 fully saturated rings. The lowest BCUT2D eigenvalue weighted by molar-refractivity contribution is -0.104. The van der Waals surface area contributed by atoms with Gasteiger partial charge in [-0.05, 0) is 23.4 Å². The fraction of sp³-hybridized carbons (Fsp3) is 0.625. The molecule has 0 aliphatic rings. The maximum Gasteiger partial charge on any atom is 0.143 e. The van der Waals surface area contributed by atoms with Gasteiger partial charge in [0, 0.05) is 0 Å². The fourth-order valence-electron chi connectivity index (χ4n) is 0.701. The molecule has 0 aromatic rings. The van der Waals surface area contributed by atoms with Crippen molar-refractivity contribution in [3.8, 4) is 0 Å². The predicted octanol–water partition coefficient (Wildman–Crippen LogP) is 3.04. The topological polar surface area (TPSA) is 17.1 Å². The van der Waals surface area contributed by atoms with Gasteiger partial charge in [0.15, 0.2) is 0 Å². The van der Waals surface area contributed by atoms with E-state index in [0.29, 0.717) is 0 Å². The third kappa shape index (κ3) is 6.02. The second-order valence-electron chi connectivity index (χ2n) is 2.21. The van der Waals surface area contributed by atoms with Crippen LogP contribution >= 0.6 is 15.9 Å². The van der Waals surface area contributed by atoms with Crippen molar-refractivity contribution in [2.75, 3.05) is 0 Å². The van der Waals surface area contributed by atoms with Gasteiger partial charge in [-0.25, -0.2) is 0 Å². The van der Waals surface area contributed by atoms with Gasteiger partial charge in [0.05, 0.1) is 0 Å². The van der Waals surface area contributed by atoms with E-state index in [2.05, 4.69) is 22.9 Å². The molecular formula is C8H13BrO. The summed E-state index contributed by atoms with van der Waals surface area (Å²) in [6.45, 7) is 2.16. The molecule has 0 atom stereocenters. The first-order valence-electron chi connectivity index (χ1n) is 3.61. The smallest absolute Gasteiger partial charge is 0.143 e. The van der Waals surface area contributed by atoms with Crippen molar-refractivity contribution in [1.29, 1.82) is 0 Å². The Hall–Kier alpha value is -0.110. The summed E-state index contributed by atoms with van der Waals surface area (Å²) < 4.78 is 1.01. The van der Waals surface area contributed by atoms with E-state index >= 15 is 0 Å². The van der Waals surface area contributed by atoms with Gasteiger partial charge in [-0.1, -0.05) is 35.7 Å². The number of hydrogen-bond donors (Lipinski definition) is 0. The highest BCUT2D eigenvalue weighted by Crippen LogP contribution is 2.13. The molecule has 0 radical (unpaired) electrons. The first-order valence-corrected chi connectivity index (χ1v) is 4.40. The van der Waals surface area contributed by atoms with Gasteiger partial charge in [-0.15, -0.1) is 0 Å². The van der Waals surface area contributed by atoms with Gasteiger partial charge >= 0.3 is 0 Å². The Balaban J connectivity index is 3.29. The van der Waals surface area contributed by atoms with Crippen molar-refractivity contribution in [2.24, 2.45) is 0 Å². The molecule has 0 saturated heterocycles. The Labute approximate surface area is 70.6 Å². The third-order valence-electron chi connectivity index (χ3n) is 1.27. The molecule has 0 saturated carbocycles. The van der Waals surface area contributed by atoms with Crippen LogP contribution in [-0.2, 0) is 4.79 Å². The summed E-state index contributed by atoms with van der Waals surface area (Å²) in [6, 6.07) is 0. The van der Waals surface area contributed by atoms with Crippen LogP contribution < -0.4 is 0 Å². The van der Waals surface area contributed by atoms with Crippen LogP contribution in [0.25, 0.3) is 0 Å². The monoisotopic (exact) mass is 204 g/mol. The Morgan fingerprint density at radius 3 is 2.70 bits per heavy atom. The summed E-state index contributed by atoms with van der Waals surface area (Å²) in [6.07, 6.45) is 7.00. The number of allylic oxidation sites excluding steroid dienone is 2. The first-order chi connectivity index (χ1) is 4.81. The molecule has 58 valence electrons. The Kier molecular flexibility index (Phi) is 6.93. The van der Waals surface area contributed by atoms with E-state index in [1.165, 1.54) is 19.3 Å². The highest BCUT2D eigenvalue weighted by Gasteiger charge is 1.89. The predicted molar refractivity (Wildman–Crippen MR) is 47.2 cm³/mol. The minimum atomic E-state index is 0.816. The van der Waals surface area contributed by atoms with Crippen LogP contribution in [0, 0.1) is 0 Å². The summed E-state index contributed by atoms with van der Waals surface area (Å²) in [5.74, 6) is 0. The van der Waals surface area contributed by atoms with Crippen molar-refractivity contribution in [1.82, 2.24) is 0 Å². The molecule has 2 heteroatoms. The second-order valence-corrected chi connectivity index (χ2v) is 3.23. The molecule has 0 aromatic heterocycles. The van der Waals surface area contributed by atoms with Crippen LogP contribution in [0.1, 0.15) is 32.6 Å². The minimum absolute atomic E-state index is 0.816. The highest BCUT2D eigenvalue weighted by molar-refractivity contribution is 9.11. The number of hydrogen-bond acceptors (Lipinski definition) is 1. The zero-order valence-corrected chi connectivity index (χ0v) is 7.86. The van der Waals surface area contributed by atoms with Crippen molar-refractivity contribution < 1.29 is 4.79 Å². The average molecular weight is 205 g/mol. The van der Waals surface area contributed by atoms with E-state index in [4.69, 9.17) is 0 Å². The molecule has 0 amide bonds. The minimum Gasteiger partial charge on any atom is -0.299 e. The Morgan fingerprint density at radius 2 is 2.20 bits per heavy atom. The highest BCUT2D eigenvalue weighted by atomic mass is 79.9. The van der Waals surface area contributed by atoms with E-state index in [9.17, 15) is 4.79 Å². The number of carbonyl (C=O) groups excluding carboxylic acids is 1. The summed E-state index contributed by atoms with van der Waals surface area (Å²) in [5, 5.41) is 0. The lowest BCUT2D eigenvalue weighted by Crippen LogP contribution is -1.76. The van der Waals surface area contributed by atoms with Gasteiger partial charge in [-0.3, -0.25) is 4.79 Å². The molecule has 10 heavy (non-hydrogen) atoms. The zero-order valence-electron chi connectivity index (χ0n) is 6.27. The van der Waals surface area contributed by atoms with E-state index < -0.39 is 0 Å². The van der Waals surface area contributed by atoms with Crippen molar-refractivity contribution in [3.63, 3.8) is 0 Å². The van der Waals surface area contributed by atoms with Gasteiger partial charge in [0.2, 0.25) is 0 Å². The normalized spacial score (nSPS) is 11.6. The maximum atomic E-state index is 9.94. The van der Waals surface area contributed by atoms with Gasteiger partial charge in [-0.2, -0.15) is 0 Å². The molecule has 0 rings (SSSR count). The number of aldehydes is 1.